The molecular formula is C26H27N3O2. The smallest absolute Gasteiger partial charge is 0.255 e. The van der Waals surface area contributed by atoms with Crippen LogP contribution in [0, 0.1) is 0 Å². The number of nitrogens with zero attached hydrogens (tertiary/aromatic N) is 1. The fourth-order valence-electron chi connectivity index (χ4n) is 3.92. The lowest BCUT2D eigenvalue weighted by atomic mass is 10.1. The number of anilines is 2. The molecule has 0 unspecified atom stereocenters. The summed E-state index contributed by atoms with van der Waals surface area (Å²) in [7, 11) is 0. The van der Waals surface area contributed by atoms with Gasteiger partial charge in [-0.25, -0.2) is 0 Å². The normalized spacial score (nSPS) is 14.2. The second-order valence-electron chi connectivity index (χ2n) is 7.85. The molecule has 0 radical (unpaired) electrons. The Morgan fingerprint density at radius 1 is 0.839 bits per heavy atom. The van der Waals surface area contributed by atoms with Crippen LogP contribution < -0.4 is 15.5 Å². The highest BCUT2D eigenvalue weighted by Crippen LogP contribution is 2.28. The fraction of sp³-hybridized carbons (Fsp3) is 0.231. The predicted molar refractivity (Wildman–Crippen MR) is 125 cm³/mol. The highest BCUT2D eigenvalue weighted by Gasteiger charge is 2.22. The van der Waals surface area contributed by atoms with Gasteiger partial charge >= 0.3 is 0 Å². The molecule has 1 saturated heterocycles. The van der Waals surface area contributed by atoms with Gasteiger partial charge < -0.3 is 15.5 Å². The summed E-state index contributed by atoms with van der Waals surface area (Å²) in [6.07, 6.45) is 2.24. The lowest BCUT2D eigenvalue weighted by Crippen LogP contribution is -2.29. The third-order valence-corrected chi connectivity index (χ3v) is 5.63. The average Bonchev–Trinajstić information content (AvgIpc) is 3.35. The number of carbonyl (C=O) groups is 2. The molecule has 0 bridgehead atoms. The Hall–Kier alpha value is -3.60. The molecule has 3 aromatic carbocycles. The van der Waals surface area contributed by atoms with Crippen molar-refractivity contribution in [2.45, 2.75) is 25.8 Å². The molecule has 2 amide bonds. The molecule has 0 aromatic heterocycles. The Kier molecular flexibility index (Phi) is 6.32. The highest BCUT2D eigenvalue weighted by molar-refractivity contribution is 6.06. The summed E-state index contributed by atoms with van der Waals surface area (Å²) in [4.78, 5) is 28.1. The van der Waals surface area contributed by atoms with Gasteiger partial charge in [-0.05, 0) is 55.7 Å². The summed E-state index contributed by atoms with van der Waals surface area (Å²) < 4.78 is 0. The van der Waals surface area contributed by atoms with Gasteiger partial charge in [-0.2, -0.15) is 0 Å². The van der Waals surface area contributed by atoms with Crippen LogP contribution in [0.5, 0.6) is 0 Å². The molecular weight excluding hydrogens is 386 g/mol. The molecule has 5 nitrogen and oxygen atoms in total. The summed E-state index contributed by atoms with van der Waals surface area (Å²) in [5.74, 6) is -0.340. The Labute approximate surface area is 183 Å². The van der Waals surface area contributed by atoms with E-state index in [2.05, 4.69) is 15.5 Å². The number of amides is 2. The van der Waals surface area contributed by atoms with Gasteiger partial charge in [0.1, 0.15) is 0 Å². The third kappa shape index (κ3) is 4.94. The lowest BCUT2D eigenvalue weighted by Gasteiger charge is -2.23. The largest absolute Gasteiger partial charge is 0.371 e. The monoisotopic (exact) mass is 413 g/mol. The van der Waals surface area contributed by atoms with E-state index in [1.165, 1.54) is 0 Å². The van der Waals surface area contributed by atoms with E-state index in [1.807, 2.05) is 67.6 Å². The van der Waals surface area contributed by atoms with Crippen LogP contribution in [0.15, 0.2) is 78.9 Å². The minimum Gasteiger partial charge on any atom is -0.371 e. The molecule has 0 saturated carbocycles. The molecule has 31 heavy (non-hydrogen) atoms. The van der Waals surface area contributed by atoms with Crippen molar-refractivity contribution in [2.24, 2.45) is 0 Å². The van der Waals surface area contributed by atoms with E-state index < -0.39 is 0 Å². The van der Waals surface area contributed by atoms with E-state index in [-0.39, 0.29) is 17.9 Å². The van der Waals surface area contributed by atoms with Crippen LogP contribution in [-0.4, -0.2) is 24.9 Å². The maximum absolute atomic E-state index is 13.3. The van der Waals surface area contributed by atoms with E-state index in [4.69, 9.17) is 0 Å². The van der Waals surface area contributed by atoms with Gasteiger partial charge in [0.25, 0.3) is 11.8 Å². The summed E-state index contributed by atoms with van der Waals surface area (Å²) in [6, 6.07) is 24.4. The Morgan fingerprint density at radius 3 is 2.16 bits per heavy atom. The third-order valence-electron chi connectivity index (χ3n) is 5.63. The Balaban J connectivity index is 1.59. The molecule has 2 N–H and O–H groups in total. The van der Waals surface area contributed by atoms with Gasteiger partial charge in [0, 0.05) is 30.0 Å². The molecule has 1 fully saturated rings. The Morgan fingerprint density at radius 2 is 1.48 bits per heavy atom. The van der Waals surface area contributed by atoms with Gasteiger partial charge in [-0.1, -0.05) is 48.5 Å². The molecule has 4 rings (SSSR count). The zero-order chi connectivity index (χ0) is 21.6. The first kappa shape index (κ1) is 20.7. The van der Waals surface area contributed by atoms with Crippen molar-refractivity contribution in [2.75, 3.05) is 23.3 Å². The maximum atomic E-state index is 13.3. The second-order valence-corrected chi connectivity index (χ2v) is 7.85. The van der Waals surface area contributed by atoms with Crippen LogP contribution in [0.2, 0.25) is 0 Å². The predicted octanol–water partition coefficient (Wildman–Crippen LogP) is 5.03. The van der Waals surface area contributed by atoms with Crippen LogP contribution in [-0.2, 0) is 0 Å². The van der Waals surface area contributed by atoms with Crippen LogP contribution in [0.3, 0.4) is 0 Å². The van der Waals surface area contributed by atoms with E-state index in [0.717, 1.165) is 37.2 Å². The number of nitrogens with one attached hydrogen (secondary N) is 2. The Bertz CT molecular complexity index is 1040. The zero-order valence-corrected chi connectivity index (χ0v) is 17.7. The first-order chi connectivity index (χ1) is 15.1. The SMILES string of the molecule is C[C@@H](NC(=O)c1cc(NC(=O)c2ccccc2)ccc1N1CCCC1)c1ccccc1. The number of benzene rings is 3. The maximum Gasteiger partial charge on any atom is 0.255 e. The van der Waals surface area contributed by atoms with Crippen molar-refractivity contribution in [1.82, 2.24) is 5.32 Å². The van der Waals surface area contributed by atoms with Gasteiger partial charge in [0.05, 0.1) is 11.6 Å². The van der Waals surface area contributed by atoms with Crippen molar-refractivity contribution in [3.05, 3.63) is 95.6 Å². The van der Waals surface area contributed by atoms with Gasteiger partial charge in [0.2, 0.25) is 0 Å². The minimum atomic E-state index is -0.196. The molecule has 0 aliphatic carbocycles. The molecule has 158 valence electrons. The highest BCUT2D eigenvalue weighted by atomic mass is 16.2. The number of carbonyl (C=O) groups excluding carboxylic acids is 2. The first-order valence-corrected chi connectivity index (χ1v) is 10.7. The van der Waals surface area contributed by atoms with Gasteiger partial charge in [0.15, 0.2) is 0 Å². The molecule has 0 spiro atoms. The number of rotatable bonds is 6. The van der Waals surface area contributed by atoms with Crippen molar-refractivity contribution >= 4 is 23.2 Å². The van der Waals surface area contributed by atoms with Crippen LogP contribution in [0.4, 0.5) is 11.4 Å². The number of hydrogen-bond donors (Lipinski definition) is 2. The fourth-order valence-corrected chi connectivity index (χ4v) is 3.92. The minimum absolute atomic E-state index is 0.123. The topological polar surface area (TPSA) is 61.4 Å². The average molecular weight is 414 g/mol. The summed E-state index contributed by atoms with van der Waals surface area (Å²) in [6.45, 7) is 3.85. The lowest BCUT2D eigenvalue weighted by molar-refractivity contribution is 0.0939. The molecule has 1 heterocycles. The molecule has 1 atom stereocenters. The van der Waals surface area contributed by atoms with Crippen molar-refractivity contribution in [3.63, 3.8) is 0 Å². The molecule has 5 heteroatoms. The molecule has 1 aliphatic rings. The first-order valence-electron chi connectivity index (χ1n) is 10.7. The number of hydrogen-bond acceptors (Lipinski definition) is 3. The quantitative estimate of drug-likeness (QED) is 0.596. The van der Waals surface area contributed by atoms with Crippen molar-refractivity contribution < 1.29 is 9.59 Å². The summed E-state index contributed by atoms with van der Waals surface area (Å²) in [5.41, 5.74) is 3.72. The standard InChI is InChI=1S/C26H27N3O2/c1-19(20-10-4-2-5-11-20)27-26(31)23-18-22(14-15-24(23)29-16-8-9-17-29)28-25(30)21-12-6-3-7-13-21/h2-7,10-15,18-19H,8-9,16-17H2,1H3,(H,27,31)(H,28,30)/t19-/m1/s1. The van der Waals surface area contributed by atoms with Crippen LogP contribution >= 0.6 is 0 Å². The van der Waals surface area contributed by atoms with Crippen molar-refractivity contribution in [1.29, 1.82) is 0 Å². The summed E-state index contributed by atoms with van der Waals surface area (Å²) in [5, 5.41) is 6.03. The van der Waals surface area contributed by atoms with E-state index >= 15 is 0 Å². The molecule has 3 aromatic rings. The van der Waals surface area contributed by atoms with Crippen molar-refractivity contribution in [3.8, 4) is 0 Å². The summed E-state index contributed by atoms with van der Waals surface area (Å²) >= 11 is 0. The van der Waals surface area contributed by atoms with E-state index in [0.29, 0.717) is 16.8 Å². The van der Waals surface area contributed by atoms with Crippen LogP contribution in [0.1, 0.15) is 52.1 Å². The van der Waals surface area contributed by atoms with E-state index in [9.17, 15) is 9.59 Å². The van der Waals surface area contributed by atoms with Gasteiger partial charge in [-0.3, -0.25) is 9.59 Å². The second kappa shape index (κ2) is 9.47. The van der Waals surface area contributed by atoms with Crippen LogP contribution in [0.25, 0.3) is 0 Å². The van der Waals surface area contributed by atoms with E-state index in [1.54, 1.807) is 18.2 Å². The van der Waals surface area contributed by atoms with Gasteiger partial charge in [-0.15, -0.1) is 0 Å². The zero-order valence-electron chi connectivity index (χ0n) is 17.7. The molecule has 1 aliphatic heterocycles.